The van der Waals surface area contributed by atoms with Crippen molar-refractivity contribution >= 4 is 27.4 Å². The van der Waals surface area contributed by atoms with Crippen molar-refractivity contribution in [3.63, 3.8) is 0 Å². The second kappa shape index (κ2) is 5.48. The Balaban J connectivity index is 3.16. The van der Waals surface area contributed by atoms with Gasteiger partial charge in [-0.2, -0.15) is 0 Å². The third kappa shape index (κ3) is 3.17. The van der Waals surface area contributed by atoms with Crippen LogP contribution in [0.25, 0.3) is 0 Å². The number of carbonyl (C=O) groups excluding carboxylic acids is 1. The largest absolute Gasteiger partial charge is 0.468 e. The summed E-state index contributed by atoms with van der Waals surface area (Å²) in [6.45, 7) is 4.86. The molecule has 0 aliphatic rings. The van der Waals surface area contributed by atoms with Gasteiger partial charge in [0.2, 0.25) is 10.0 Å². The van der Waals surface area contributed by atoms with Gasteiger partial charge in [-0.05, 0) is 38.0 Å². The summed E-state index contributed by atoms with van der Waals surface area (Å²) in [5.74, 6) is -0.823. The molecule has 3 N–H and O–H groups in total. The molecule has 0 aliphatic carbocycles. The summed E-state index contributed by atoms with van der Waals surface area (Å²) < 4.78 is 30.9. The van der Waals surface area contributed by atoms with E-state index in [9.17, 15) is 13.2 Å². The van der Waals surface area contributed by atoms with Gasteiger partial charge in [0.15, 0.2) is 5.25 Å². The molecule has 106 valence electrons. The number of hydrogen-bond acceptors (Lipinski definition) is 5. The summed E-state index contributed by atoms with van der Waals surface area (Å²) >= 11 is 0. The average Bonchev–Trinajstić information content (AvgIpc) is 2.37. The number of carbonyl (C=O) groups is 1. The molecule has 0 spiro atoms. The molecule has 0 saturated carbocycles. The Bertz CT molecular complexity index is 596. The maximum Gasteiger partial charge on any atom is 0.325 e. The van der Waals surface area contributed by atoms with Crippen LogP contribution in [0.15, 0.2) is 12.1 Å². The molecule has 0 aromatic heterocycles. The Labute approximate surface area is 113 Å². The van der Waals surface area contributed by atoms with E-state index in [0.29, 0.717) is 11.4 Å². The lowest BCUT2D eigenvalue weighted by atomic mass is 10.1. The standard InChI is InChI=1S/C12H18N2O4S/c1-7-5-6-10(13)11(8(7)2)14-19(16,17)9(3)12(15)18-4/h5-6,9,14H,13H2,1-4H3. The van der Waals surface area contributed by atoms with Gasteiger partial charge in [0, 0.05) is 0 Å². The van der Waals surface area contributed by atoms with Crippen LogP contribution in [0.5, 0.6) is 0 Å². The number of rotatable bonds is 4. The maximum atomic E-state index is 12.0. The summed E-state index contributed by atoms with van der Waals surface area (Å²) in [7, 11) is -2.75. The molecule has 0 radical (unpaired) electrons. The Morgan fingerprint density at radius 2 is 1.95 bits per heavy atom. The quantitative estimate of drug-likeness (QED) is 0.640. The molecule has 0 saturated heterocycles. The molecular weight excluding hydrogens is 268 g/mol. The predicted octanol–water partition coefficient (Wildman–Crippen LogP) is 1.19. The van der Waals surface area contributed by atoms with E-state index in [2.05, 4.69) is 9.46 Å². The summed E-state index contributed by atoms with van der Waals surface area (Å²) in [6, 6.07) is 3.41. The third-order valence-corrected chi connectivity index (χ3v) is 4.62. The van der Waals surface area contributed by atoms with Crippen molar-refractivity contribution in [3.8, 4) is 0 Å². The highest BCUT2D eigenvalue weighted by atomic mass is 32.2. The molecule has 0 fully saturated rings. The fourth-order valence-corrected chi connectivity index (χ4v) is 2.58. The van der Waals surface area contributed by atoms with Gasteiger partial charge in [-0.1, -0.05) is 6.07 Å². The minimum Gasteiger partial charge on any atom is -0.468 e. The summed E-state index contributed by atoms with van der Waals surface area (Å²) in [5, 5.41) is -1.31. The van der Waals surface area contributed by atoms with Crippen molar-refractivity contribution < 1.29 is 17.9 Å². The van der Waals surface area contributed by atoms with Crippen LogP contribution in [0.4, 0.5) is 11.4 Å². The molecule has 0 bridgehead atoms. The highest BCUT2D eigenvalue weighted by Crippen LogP contribution is 2.27. The molecule has 19 heavy (non-hydrogen) atoms. The number of anilines is 2. The second-order valence-corrected chi connectivity index (χ2v) is 6.29. The number of nitrogen functional groups attached to an aromatic ring is 1. The molecule has 1 unspecified atom stereocenters. The Morgan fingerprint density at radius 1 is 1.37 bits per heavy atom. The maximum absolute atomic E-state index is 12.0. The van der Waals surface area contributed by atoms with Crippen LogP contribution in [-0.4, -0.2) is 26.7 Å². The summed E-state index contributed by atoms with van der Waals surface area (Å²) in [6.07, 6.45) is 0. The molecule has 0 amide bonds. The molecule has 6 nitrogen and oxygen atoms in total. The predicted molar refractivity (Wildman–Crippen MR) is 74.3 cm³/mol. The fourth-order valence-electron chi connectivity index (χ4n) is 1.50. The SMILES string of the molecule is COC(=O)C(C)S(=O)(=O)Nc1c(N)ccc(C)c1C. The topological polar surface area (TPSA) is 98.5 Å². The first-order chi connectivity index (χ1) is 8.70. The van der Waals surface area contributed by atoms with E-state index < -0.39 is 21.2 Å². The number of ether oxygens (including phenoxy) is 1. The molecular formula is C12H18N2O4S. The van der Waals surface area contributed by atoms with Crippen molar-refractivity contribution in [1.29, 1.82) is 0 Å². The monoisotopic (exact) mass is 286 g/mol. The van der Waals surface area contributed by atoms with Crippen molar-refractivity contribution in [2.45, 2.75) is 26.0 Å². The van der Waals surface area contributed by atoms with Gasteiger partial charge in [0.25, 0.3) is 0 Å². The number of hydrogen-bond donors (Lipinski definition) is 2. The van der Waals surface area contributed by atoms with Crippen molar-refractivity contribution in [1.82, 2.24) is 0 Å². The van der Waals surface area contributed by atoms with Gasteiger partial charge in [0.05, 0.1) is 18.5 Å². The molecule has 0 aliphatic heterocycles. The zero-order valence-corrected chi connectivity index (χ0v) is 12.2. The summed E-state index contributed by atoms with van der Waals surface area (Å²) in [5.41, 5.74) is 8.00. The van der Waals surface area contributed by atoms with E-state index in [1.54, 1.807) is 19.1 Å². The van der Waals surface area contributed by atoms with Crippen LogP contribution >= 0.6 is 0 Å². The minimum absolute atomic E-state index is 0.302. The van der Waals surface area contributed by atoms with E-state index in [1.165, 1.54) is 6.92 Å². The number of nitrogens with two attached hydrogens (primary N) is 1. The number of aryl methyl sites for hydroxylation is 1. The van der Waals surface area contributed by atoms with Gasteiger partial charge in [-0.15, -0.1) is 0 Å². The first-order valence-electron chi connectivity index (χ1n) is 5.66. The highest BCUT2D eigenvalue weighted by Gasteiger charge is 2.29. The van der Waals surface area contributed by atoms with Gasteiger partial charge in [-0.25, -0.2) is 8.42 Å². The zero-order valence-electron chi connectivity index (χ0n) is 11.4. The Morgan fingerprint density at radius 3 is 2.47 bits per heavy atom. The van der Waals surface area contributed by atoms with E-state index in [0.717, 1.165) is 18.2 Å². The second-order valence-electron chi connectivity index (χ2n) is 4.28. The van der Waals surface area contributed by atoms with Crippen LogP contribution in [0.1, 0.15) is 18.1 Å². The Hall–Kier alpha value is -1.76. The van der Waals surface area contributed by atoms with Crippen molar-refractivity contribution in [3.05, 3.63) is 23.3 Å². The number of sulfonamides is 1. The first-order valence-corrected chi connectivity index (χ1v) is 7.20. The molecule has 7 heteroatoms. The number of esters is 1. The number of methoxy groups -OCH3 is 1. The normalized spacial score (nSPS) is 12.8. The van der Waals surface area contributed by atoms with Gasteiger partial charge in [0.1, 0.15) is 0 Å². The van der Waals surface area contributed by atoms with Crippen LogP contribution in [0, 0.1) is 13.8 Å². The van der Waals surface area contributed by atoms with E-state index in [1.807, 2.05) is 6.92 Å². The lowest BCUT2D eigenvalue weighted by Gasteiger charge is -2.17. The number of nitrogens with one attached hydrogen (secondary N) is 1. The van der Waals surface area contributed by atoms with Gasteiger partial charge < -0.3 is 10.5 Å². The lowest BCUT2D eigenvalue weighted by molar-refractivity contribution is -0.139. The van der Waals surface area contributed by atoms with Crippen LogP contribution in [0.3, 0.4) is 0 Å². The lowest BCUT2D eigenvalue weighted by Crippen LogP contribution is -2.33. The fraction of sp³-hybridized carbons (Fsp3) is 0.417. The van der Waals surface area contributed by atoms with Gasteiger partial charge in [-0.3, -0.25) is 9.52 Å². The van der Waals surface area contributed by atoms with Crippen LogP contribution in [0.2, 0.25) is 0 Å². The number of benzene rings is 1. The van der Waals surface area contributed by atoms with E-state index in [-0.39, 0.29) is 0 Å². The Kier molecular flexibility index (Phi) is 4.41. The third-order valence-electron chi connectivity index (χ3n) is 3.01. The van der Waals surface area contributed by atoms with Crippen molar-refractivity contribution in [2.75, 3.05) is 17.6 Å². The first kappa shape index (κ1) is 15.3. The summed E-state index contributed by atoms with van der Waals surface area (Å²) in [4.78, 5) is 11.3. The average molecular weight is 286 g/mol. The van der Waals surface area contributed by atoms with E-state index >= 15 is 0 Å². The molecule has 1 aromatic rings. The van der Waals surface area contributed by atoms with Crippen LogP contribution in [-0.2, 0) is 19.6 Å². The molecule has 0 heterocycles. The highest BCUT2D eigenvalue weighted by molar-refractivity contribution is 7.94. The molecule has 1 aromatic carbocycles. The molecule has 1 atom stereocenters. The van der Waals surface area contributed by atoms with Crippen molar-refractivity contribution in [2.24, 2.45) is 0 Å². The van der Waals surface area contributed by atoms with Crippen LogP contribution < -0.4 is 10.5 Å². The smallest absolute Gasteiger partial charge is 0.325 e. The van der Waals surface area contributed by atoms with E-state index in [4.69, 9.17) is 5.73 Å². The zero-order chi connectivity index (χ0) is 14.8. The van der Waals surface area contributed by atoms with Gasteiger partial charge >= 0.3 is 5.97 Å². The molecule has 1 rings (SSSR count). The minimum atomic E-state index is -3.89.